The van der Waals surface area contributed by atoms with E-state index in [1.807, 2.05) is 12.3 Å². The van der Waals surface area contributed by atoms with E-state index in [2.05, 4.69) is 18.8 Å². The van der Waals surface area contributed by atoms with Crippen molar-refractivity contribution < 1.29 is 5.11 Å². The predicted octanol–water partition coefficient (Wildman–Crippen LogP) is 3.53. The van der Waals surface area contributed by atoms with E-state index >= 15 is 0 Å². The minimum absolute atomic E-state index is 0.244. The largest absolute Gasteiger partial charge is 0.506 e. The first-order chi connectivity index (χ1) is 6.70. The summed E-state index contributed by atoms with van der Waals surface area (Å²) in [7, 11) is 0. The van der Waals surface area contributed by atoms with E-state index in [9.17, 15) is 5.11 Å². The lowest BCUT2D eigenvalue weighted by Gasteiger charge is -1.99. The highest BCUT2D eigenvalue weighted by Gasteiger charge is 1.95. The number of aromatic hydroxyl groups is 1. The molecule has 0 heterocycles. The molecule has 0 radical (unpaired) electrons. The number of para-hydroxylation sites is 2. The van der Waals surface area contributed by atoms with E-state index in [0.29, 0.717) is 11.6 Å². The summed E-state index contributed by atoms with van der Waals surface area (Å²) in [6.45, 7) is 4.38. The molecule has 2 heteroatoms. The van der Waals surface area contributed by atoms with E-state index < -0.39 is 0 Å². The van der Waals surface area contributed by atoms with Crippen LogP contribution in [-0.4, -0.2) is 11.3 Å². The molecule has 0 saturated heterocycles. The Kier molecular flexibility index (Phi) is 4.17. The molecule has 1 N–H and O–H groups in total. The number of hydrogen-bond acceptors (Lipinski definition) is 2. The van der Waals surface area contributed by atoms with Crippen molar-refractivity contribution in [3.05, 3.63) is 24.3 Å². The fourth-order valence-electron chi connectivity index (χ4n) is 1.14. The van der Waals surface area contributed by atoms with Crippen LogP contribution in [-0.2, 0) is 0 Å². The van der Waals surface area contributed by atoms with Crippen LogP contribution in [0.25, 0.3) is 0 Å². The Balaban J connectivity index is 2.48. The Bertz CT molecular complexity index is 305. The first-order valence-corrected chi connectivity index (χ1v) is 5.00. The Labute approximate surface area is 85.3 Å². The molecule has 0 amide bonds. The van der Waals surface area contributed by atoms with Gasteiger partial charge in [0.15, 0.2) is 0 Å². The van der Waals surface area contributed by atoms with Crippen molar-refractivity contribution in [1.29, 1.82) is 0 Å². The highest BCUT2D eigenvalue weighted by atomic mass is 16.3. The van der Waals surface area contributed by atoms with Crippen molar-refractivity contribution in [1.82, 2.24) is 0 Å². The molecule has 0 bridgehead atoms. The highest BCUT2D eigenvalue weighted by Crippen LogP contribution is 2.24. The number of phenolic OH excluding ortho intramolecular Hbond substituents is 1. The number of nitrogens with zero attached hydrogens (tertiary/aromatic N) is 1. The molecule has 0 aliphatic carbocycles. The van der Waals surface area contributed by atoms with Crippen molar-refractivity contribution in [2.75, 3.05) is 0 Å². The molecule has 1 aromatic carbocycles. The summed E-state index contributed by atoms with van der Waals surface area (Å²) < 4.78 is 0. The van der Waals surface area contributed by atoms with Gasteiger partial charge in [0.25, 0.3) is 0 Å². The summed E-state index contributed by atoms with van der Waals surface area (Å²) in [6.07, 6.45) is 3.97. The highest BCUT2D eigenvalue weighted by molar-refractivity contribution is 5.65. The Morgan fingerprint density at radius 3 is 2.71 bits per heavy atom. The summed E-state index contributed by atoms with van der Waals surface area (Å²) in [6, 6.07) is 7.12. The molecule has 14 heavy (non-hydrogen) atoms. The van der Waals surface area contributed by atoms with Gasteiger partial charge in [-0.25, -0.2) is 0 Å². The standard InChI is InChI=1S/C12H17NO/c1-10(2)6-5-9-13-11-7-3-4-8-12(11)14/h3-4,7-10,14H,5-6H2,1-2H3. The SMILES string of the molecule is CC(C)CCC=Nc1ccccc1O. The van der Waals surface area contributed by atoms with Gasteiger partial charge in [-0.3, -0.25) is 4.99 Å². The number of hydrogen-bond donors (Lipinski definition) is 1. The maximum absolute atomic E-state index is 9.41. The average Bonchev–Trinajstić information content (AvgIpc) is 2.15. The van der Waals surface area contributed by atoms with E-state index in [1.54, 1.807) is 18.2 Å². The lowest BCUT2D eigenvalue weighted by Crippen LogP contribution is -1.86. The van der Waals surface area contributed by atoms with Gasteiger partial charge in [-0.15, -0.1) is 0 Å². The molecule has 76 valence electrons. The predicted molar refractivity (Wildman–Crippen MR) is 60.3 cm³/mol. The molecule has 0 aliphatic heterocycles. The number of rotatable bonds is 4. The van der Waals surface area contributed by atoms with Crippen LogP contribution in [0.4, 0.5) is 5.69 Å². The van der Waals surface area contributed by atoms with E-state index in [-0.39, 0.29) is 5.75 Å². The van der Waals surface area contributed by atoms with E-state index in [0.717, 1.165) is 12.8 Å². The lowest BCUT2D eigenvalue weighted by molar-refractivity contribution is 0.477. The van der Waals surface area contributed by atoms with Crippen molar-refractivity contribution in [2.45, 2.75) is 26.7 Å². The quantitative estimate of drug-likeness (QED) is 0.725. The molecule has 0 spiro atoms. The van der Waals surface area contributed by atoms with Gasteiger partial charge in [0, 0.05) is 6.21 Å². The fourth-order valence-corrected chi connectivity index (χ4v) is 1.14. The van der Waals surface area contributed by atoms with Gasteiger partial charge in [0.1, 0.15) is 11.4 Å². The summed E-state index contributed by atoms with van der Waals surface area (Å²) in [5.74, 6) is 0.944. The van der Waals surface area contributed by atoms with Gasteiger partial charge >= 0.3 is 0 Å². The number of aliphatic imine (C=N–C) groups is 1. The third-order valence-electron chi connectivity index (χ3n) is 1.99. The molecule has 0 saturated carbocycles. The molecular weight excluding hydrogens is 174 g/mol. The number of phenols is 1. The van der Waals surface area contributed by atoms with Crippen molar-refractivity contribution >= 4 is 11.9 Å². The van der Waals surface area contributed by atoms with Crippen molar-refractivity contribution in [3.8, 4) is 5.75 Å². The summed E-state index contributed by atoms with van der Waals surface area (Å²) in [5.41, 5.74) is 0.649. The topological polar surface area (TPSA) is 32.6 Å². The normalized spacial score (nSPS) is 11.4. The van der Waals surface area contributed by atoms with Crippen LogP contribution in [0.1, 0.15) is 26.7 Å². The summed E-state index contributed by atoms with van der Waals surface area (Å²) >= 11 is 0. The van der Waals surface area contributed by atoms with Gasteiger partial charge < -0.3 is 5.11 Å². The number of benzene rings is 1. The molecule has 0 fully saturated rings. The van der Waals surface area contributed by atoms with Crippen LogP contribution < -0.4 is 0 Å². The zero-order valence-electron chi connectivity index (χ0n) is 8.77. The molecular formula is C12H17NO. The van der Waals surface area contributed by atoms with Gasteiger partial charge in [-0.05, 0) is 30.9 Å². The molecule has 1 aromatic rings. The maximum atomic E-state index is 9.41. The Morgan fingerprint density at radius 1 is 1.36 bits per heavy atom. The van der Waals surface area contributed by atoms with Crippen molar-refractivity contribution in [3.63, 3.8) is 0 Å². The molecule has 0 aliphatic rings. The molecule has 1 rings (SSSR count). The van der Waals surface area contributed by atoms with Crippen LogP contribution in [0.3, 0.4) is 0 Å². The maximum Gasteiger partial charge on any atom is 0.141 e. The second kappa shape index (κ2) is 5.43. The average molecular weight is 191 g/mol. The summed E-state index contributed by atoms with van der Waals surface area (Å²) in [4.78, 5) is 4.20. The minimum atomic E-state index is 0.244. The van der Waals surface area contributed by atoms with Crippen molar-refractivity contribution in [2.24, 2.45) is 10.9 Å². The van der Waals surface area contributed by atoms with Gasteiger partial charge in [0.2, 0.25) is 0 Å². The molecule has 0 unspecified atom stereocenters. The van der Waals surface area contributed by atoms with Crippen LogP contribution in [0.15, 0.2) is 29.3 Å². The second-order valence-corrected chi connectivity index (χ2v) is 3.77. The van der Waals surface area contributed by atoms with E-state index in [4.69, 9.17) is 0 Å². The third kappa shape index (κ3) is 3.60. The fraction of sp³-hybridized carbons (Fsp3) is 0.417. The molecule has 0 aromatic heterocycles. The van der Waals surface area contributed by atoms with Crippen LogP contribution in [0.5, 0.6) is 5.75 Å². The second-order valence-electron chi connectivity index (χ2n) is 3.77. The molecule has 0 atom stereocenters. The monoisotopic (exact) mass is 191 g/mol. The smallest absolute Gasteiger partial charge is 0.141 e. The molecule has 2 nitrogen and oxygen atoms in total. The lowest BCUT2D eigenvalue weighted by atomic mass is 10.1. The summed E-state index contributed by atoms with van der Waals surface area (Å²) in [5, 5.41) is 9.41. The van der Waals surface area contributed by atoms with Gasteiger partial charge in [-0.2, -0.15) is 0 Å². The Hall–Kier alpha value is -1.31. The Morgan fingerprint density at radius 2 is 2.07 bits per heavy atom. The van der Waals surface area contributed by atoms with Crippen LogP contribution in [0.2, 0.25) is 0 Å². The van der Waals surface area contributed by atoms with Gasteiger partial charge in [0.05, 0.1) is 0 Å². The minimum Gasteiger partial charge on any atom is -0.506 e. The van der Waals surface area contributed by atoms with E-state index in [1.165, 1.54) is 0 Å². The van der Waals surface area contributed by atoms with Crippen LogP contribution in [0, 0.1) is 5.92 Å². The first kappa shape index (κ1) is 10.8. The first-order valence-electron chi connectivity index (χ1n) is 5.00. The zero-order valence-corrected chi connectivity index (χ0v) is 8.77. The zero-order chi connectivity index (χ0) is 10.4. The third-order valence-corrected chi connectivity index (χ3v) is 1.99. The van der Waals surface area contributed by atoms with Gasteiger partial charge in [-0.1, -0.05) is 26.0 Å². The van der Waals surface area contributed by atoms with Crippen LogP contribution >= 0.6 is 0 Å².